The van der Waals surface area contributed by atoms with Crippen molar-refractivity contribution in [2.24, 2.45) is 0 Å². The lowest BCUT2D eigenvalue weighted by molar-refractivity contribution is -0.128. The zero-order valence-electron chi connectivity index (χ0n) is 10.1. The van der Waals surface area contributed by atoms with Crippen molar-refractivity contribution < 1.29 is 9.53 Å². The normalized spacial score (nSPS) is 12.6. The van der Waals surface area contributed by atoms with Gasteiger partial charge >= 0.3 is 0 Å². The van der Waals surface area contributed by atoms with Crippen molar-refractivity contribution in [1.82, 2.24) is 0 Å². The Morgan fingerprint density at radius 1 is 1.18 bits per heavy atom. The number of ketones is 1. The molecule has 0 heterocycles. The molecule has 0 N–H and O–H groups in total. The summed E-state index contributed by atoms with van der Waals surface area (Å²) in [6.07, 6.45) is 0.0512. The molecule has 2 rings (SSSR count). The largest absolute Gasteiger partial charge is 0.369 e. The third-order valence-electron chi connectivity index (χ3n) is 2.95. The molecule has 0 aliphatic heterocycles. The number of Topliss-reactive ketones (excluding diaryl/α,β-unsaturated/α-hetero) is 1. The molecule has 2 heteroatoms. The molecule has 1 atom stereocenters. The second-order valence-electron chi connectivity index (χ2n) is 4.04. The third kappa shape index (κ3) is 2.37. The zero-order chi connectivity index (χ0) is 12.3. The molecule has 0 saturated heterocycles. The van der Waals surface area contributed by atoms with E-state index in [1.165, 1.54) is 5.39 Å². The smallest absolute Gasteiger partial charge is 0.165 e. The van der Waals surface area contributed by atoms with Crippen LogP contribution in [-0.2, 0) is 9.53 Å². The van der Waals surface area contributed by atoms with Gasteiger partial charge in [0.2, 0.25) is 0 Å². The van der Waals surface area contributed by atoms with Gasteiger partial charge in [-0.25, -0.2) is 0 Å². The number of carbonyl (C=O) groups is 1. The van der Waals surface area contributed by atoms with Gasteiger partial charge in [0.05, 0.1) is 0 Å². The monoisotopic (exact) mass is 228 g/mol. The molecule has 0 radical (unpaired) electrons. The fourth-order valence-corrected chi connectivity index (χ4v) is 2.01. The SMILES string of the molecule is CCC(=O)C(OC)c1ccc2ccccc2c1. The minimum Gasteiger partial charge on any atom is -0.369 e. The van der Waals surface area contributed by atoms with Gasteiger partial charge in [-0.2, -0.15) is 0 Å². The van der Waals surface area contributed by atoms with Crippen LogP contribution < -0.4 is 0 Å². The van der Waals surface area contributed by atoms with Gasteiger partial charge in [-0.15, -0.1) is 0 Å². The summed E-state index contributed by atoms with van der Waals surface area (Å²) in [4.78, 5) is 11.8. The first-order valence-corrected chi connectivity index (χ1v) is 5.80. The number of hydrogen-bond donors (Lipinski definition) is 0. The maximum atomic E-state index is 11.8. The summed E-state index contributed by atoms with van der Waals surface area (Å²) in [6.45, 7) is 1.86. The van der Waals surface area contributed by atoms with Gasteiger partial charge in [0.1, 0.15) is 6.10 Å². The Labute approximate surface area is 101 Å². The van der Waals surface area contributed by atoms with Crippen LogP contribution in [0.4, 0.5) is 0 Å². The number of ether oxygens (including phenoxy) is 1. The molecule has 1 unspecified atom stereocenters. The van der Waals surface area contributed by atoms with Gasteiger partial charge in [-0.3, -0.25) is 4.79 Å². The van der Waals surface area contributed by atoms with Crippen molar-refractivity contribution in [1.29, 1.82) is 0 Å². The highest BCUT2D eigenvalue weighted by Crippen LogP contribution is 2.23. The molecule has 0 aliphatic rings. The van der Waals surface area contributed by atoms with E-state index < -0.39 is 6.10 Å². The molecule has 0 amide bonds. The van der Waals surface area contributed by atoms with Gasteiger partial charge in [-0.1, -0.05) is 43.3 Å². The topological polar surface area (TPSA) is 26.3 Å². The first kappa shape index (κ1) is 11.8. The number of benzene rings is 2. The second kappa shape index (κ2) is 5.11. The average molecular weight is 228 g/mol. The van der Waals surface area contributed by atoms with Crippen LogP contribution in [0.15, 0.2) is 42.5 Å². The summed E-state index contributed by atoms with van der Waals surface area (Å²) in [5.74, 6) is 0.114. The molecule has 0 fully saturated rings. The van der Waals surface area contributed by atoms with Crippen LogP contribution in [0, 0.1) is 0 Å². The standard InChI is InChI=1S/C15H16O2/c1-3-14(16)15(17-2)13-9-8-11-6-4-5-7-12(11)10-13/h4-10,15H,3H2,1-2H3. The molecular formula is C15H16O2. The van der Waals surface area contributed by atoms with E-state index >= 15 is 0 Å². The number of fused-ring (bicyclic) bond motifs is 1. The van der Waals surface area contributed by atoms with E-state index in [4.69, 9.17) is 4.74 Å². The third-order valence-corrected chi connectivity index (χ3v) is 2.95. The molecule has 0 saturated carbocycles. The Morgan fingerprint density at radius 2 is 1.88 bits per heavy atom. The lowest BCUT2D eigenvalue weighted by Gasteiger charge is -2.14. The van der Waals surface area contributed by atoms with Crippen LogP contribution in [0.2, 0.25) is 0 Å². The minimum atomic E-state index is -0.440. The molecule has 0 aromatic heterocycles. The van der Waals surface area contributed by atoms with E-state index in [2.05, 4.69) is 6.07 Å². The number of methoxy groups -OCH3 is 1. The Balaban J connectivity index is 2.44. The maximum Gasteiger partial charge on any atom is 0.165 e. The van der Waals surface area contributed by atoms with Crippen molar-refractivity contribution in [3.63, 3.8) is 0 Å². The maximum absolute atomic E-state index is 11.8. The van der Waals surface area contributed by atoms with Gasteiger partial charge in [0.25, 0.3) is 0 Å². The van der Waals surface area contributed by atoms with E-state index in [9.17, 15) is 4.79 Å². The highest BCUT2D eigenvalue weighted by Gasteiger charge is 2.18. The summed E-state index contributed by atoms with van der Waals surface area (Å²) in [6, 6.07) is 14.1. The van der Waals surface area contributed by atoms with Crippen LogP contribution >= 0.6 is 0 Å². The van der Waals surface area contributed by atoms with E-state index in [-0.39, 0.29) is 5.78 Å². The van der Waals surface area contributed by atoms with E-state index in [0.29, 0.717) is 6.42 Å². The molecule has 0 spiro atoms. The van der Waals surface area contributed by atoms with Gasteiger partial charge in [0.15, 0.2) is 5.78 Å². The fraction of sp³-hybridized carbons (Fsp3) is 0.267. The lowest BCUT2D eigenvalue weighted by Crippen LogP contribution is -2.13. The van der Waals surface area contributed by atoms with E-state index in [0.717, 1.165) is 10.9 Å². The minimum absolute atomic E-state index is 0.114. The number of hydrogen-bond acceptors (Lipinski definition) is 2. The number of rotatable bonds is 4. The Kier molecular flexibility index (Phi) is 3.55. The quantitative estimate of drug-likeness (QED) is 0.800. The highest BCUT2D eigenvalue weighted by atomic mass is 16.5. The Hall–Kier alpha value is -1.67. The molecule has 17 heavy (non-hydrogen) atoms. The van der Waals surface area contributed by atoms with Crippen LogP contribution in [-0.4, -0.2) is 12.9 Å². The van der Waals surface area contributed by atoms with E-state index in [1.807, 2.05) is 43.3 Å². The van der Waals surface area contributed by atoms with Crippen molar-refractivity contribution in [2.75, 3.05) is 7.11 Å². The second-order valence-corrected chi connectivity index (χ2v) is 4.04. The number of carbonyl (C=O) groups excluding carboxylic acids is 1. The summed E-state index contributed by atoms with van der Waals surface area (Å²) in [7, 11) is 1.58. The van der Waals surface area contributed by atoms with Crippen LogP contribution in [0.3, 0.4) is 0 Å². The lowest BCUT2D eigenvalue weighted by atomic mass is 10.00. The summed E-state index contributed by atoms with van der Waals surface area (Å²) in [5, 5.41) is 2.31. The molecule has 0 aliphatic carbocycles. The predicted octanol–water partition coefficient (Wildman–Crippen LogP) is 3.51. The van der Waals surface area contributed by atoms with Crippen molar-refractivity contribution in [3.8, 4) is 0 Å². The summed E-state index contributed by atoms with van der Waals surface area (Å²) >= 11 is 0. The van der Waals surface area contributed by atoms with Gasteiger partial charge in [0, 0.05) is 13.5 Å². The molecule has 0 bridgehead atoms. The fourth-order valence-electron chi connectivity index (χ4n) is 2.01. The van der Waals surface area contributed by atoms with Crippen molar-refractivity contribution in [2.45, 2.75) is 19.4 Å². The Bertz CT molecular complexity index is 531. The van der Waals surface area contributed by atoms with Gasteiger partial charge < -0.3 is 4.74 Å². The Morgan fingerprint density at radius 3 is 2.53 bits per heavy atom. The van der Waals surface area contributed by atoms with E-state index in [1.54, 1.807) is 7.11 Å². The van der Waals surface area contributed by atoms with Crippen molar-refractivity contribution in [3.05, 3.63) is 48.0 Å². The highest BCUT2D eigenvalue weighted by molar-refractivity contribution is 5.87. The predicted molar refractivity (Wildman–Crippen MR) is 69.0 cm³/mol. The van der Waals surface area contributed by atoms with Gasteiger partial charge in [-0.05, 0) is 22.4 Å². The van der Waals surface area contributed by atoms with Crippen LogP contribution in [0.1, 0.15) is 25.0 Å². The first-order valence-electron chi connectivity index (χ1n) is 5.80. The summed E-state index contributed by atoms with van der Waals surface area (Å²) in [5.41, 5.74) is 0.929. The van der Waals surface area contributed by atoms with Crippen molar-refractivity contribution >= 4 is 16.6 Å². The van der Waals surface area contributed by atoms with Crippen LogP contribution in [0.5, 0.6) is 0 Å². The molecule has 88 valence electrons. The zero-order valence-corrected chi connectivity index (χ0v) is 10.1. The molecule has 2 aromatic rings. The van der Waals surface area contributed by atoms with Crippen LogP contribution in [0.25, 0.3) is 10.8 Å². The molecule has 2 nitrogen and oxygen atoms in total. The summed E-state index contributed by atoms with van der Waals surface area (Å²) < 4.78 is 5.29. The molecule has 2 aromatic carbocycles. The first-order chi connectivity index (χ1) is 8.26. The molecular weight excluding hydrogens is 212 g/mol. The average Bonchev–Trinajstić information content (AvgIpc) is 2.39.